The number of aromatic amines is 1. The molecule has 1 heterocycles. The quantitative estimate of drug-likeness (QED) is 0.792. The van der Waals surface area contributed by atoms with Crippen LogP contribution in [-0.2, 0) is 0 Å². The Kier molecular flexibility index (Phi) is 3.37. The Labute approximate surface area is 133 Å². The van der Waals surface area contributed by atoms with E-state index in [1.807, 2.05) is 0 Å². The van der Waals surface area contributed by atoms with Gasteiger partial charge < -0.3 is 10.6 Å². The molecule has 2 fully saturated rings. The van der Waals surface area contributed by atoms with Crippen LogP contribution in [0.3, 0.4) is 0 Å². The highest BCUT2D eigenvalue weighted by Gasteiger charge is 2.26. The zero-order chi connectivity index (χ0) is 15.8. The van der Waals surface area contributed by atoms with E-state index in [1.54, 1.807) is 30.3 Å². The number of nitrogens with zero attached hydrogens (tertiary/aromatic N) is 1. The third-order valence-corrected chi connectivity index (χ3v) is 4.14. The van der Waals surface area contributed by atoms with Crippen LogP contribution >= 0.6 is 0 Å². The minimum Gasteiger partial charge on any atom is -0.349 e. The lowest BCUT2D eigenvalue weighted by Gasteiger charge is -2.07. The molecule has 2 aliphatic rings. The molecule has 2 aliphatic carbocycles. The van der Waals surface area contributed by atoms with Crippen molar-refractivity contribution in [1.82, 2.24) is 15.5 Å². The first-order valence-electron chi connectivity index (χ1n) is 7.96. The van der Waals surface area contributed by atoms with Gasteiger partial charge in [0.2, 0.25) is 0 Å². The molecule has 0 atom stereocenters. The smallest absolute Gasteiger partial charge is 0.276 e. The second-order valence-corrected chi connectivity index (χ2v) is 6.27. The van der Waals surface area contributed by atoms with Crippen molar-refractivity contribution in [3.63, 3.8) is 0 Å². The number of hydrogen-bond donors (Lipinski definition) is 3. The van der Waals surface area contributed by atoms with Crippen molar-refractivity contribution >= 4 is 17.5 Å². The van der Waals surface area contributed by atoms with Crippen molar-refractivity contribution in [3.05, 3.63) is 47.3 Å². The summed E-state index contributed by atoms with van der Waals surface area (Å²) in [5.74, 6) is 0.158. The van der Waals surface area contributed by atoms with Gasteiger partial charge in [0.05, 0.1) is 0 Å². The van der Waals surface area contributed by atoms with Crippen LogP contribution in [0.5, 0.6) is 0 Å². The van der Waals surface area contributed by atoms with Crippen LogP contribution in [0.4, 0.5) is 5.69 Å². The SMILES string of the molecule is O=C(NC1CC1)c1cccc(NC(=O)c2cc(C3CC3)[nH]n2)c1. The number of carbonyl (C=O) groups is 2. The van der Waals surface area contributed by atoms with Crippen LogP contribution in [0, 0.1) is 0 Å². The van der Waals surface area contributed by atoms with Crippen LogP contribution in [0.2, 0.25) is 0 Å². The highest BCUT2D eigenvalue weighted by molar-refractivity contribution is 6.04. The van der Waals surface area contributed by atoms with Gasteiger partial charge in [-0.05, 0) is 49.9 Å². The molecule has 23 heavy (non-hydrogen) atoms. The summed E-state index contributed by atoms with van der Waals surface area (Å²) in [5.41, 5.74) is 2.54. The van der Waals surface area contributed by atoms with Crippen LogP contribution in [0.1, 0.15) is 58.1 Å². The maximum atomic E-state index is 12.2. The van der Waals surface area contributed by atoms with E-state index in [0.717, 1.165) is 31.4 Å². The number of hydrogen-bond acceptors (Lipinski definition) is 3. The highest BCUT2D eigenvalue weighted by atomic mass is 16.2. The normalized spacial score (nSPS) is 16.9. The van der Waals surface area contributed by atoms with Crippen molar-refractivity contribution < 1.29 is 9.59 Å². The third-order valence-electron chi connectivity index (χ3n) is 4.14. The lowest BCUT2D eigenvalue weighted by molar-refractivity contribution is 0.0949. The molecule has 2 amide bonds. The molecule has 0 spiro atoms. The number of benzene rings is 1. The van der Waals surface area contributed by atoms with Crippen LogP contribution in [0.15, 0.2) is 30.3 Å². The van der Waals surface area contributed by atoms with E-state index in [2.05, 4.69) is 20.8 Å². The molecule has 6 nitrogen and oxygen atoms in total. The molecule has 2 aromatic rings. The van der Waals surface area contributed by atoms with E-state index in [9.17, 15) is 9.59 Å². The van der Waals surface area contributed by atoms with Gasteiger partial charge in [-0.2, -0.15) is 5.10 Å². The summed E-state index contributed by atoms with van der Waals surface area (Å²) in [6.45, 7) is 0. The van der Waals surface area contributed by atoms with Gasteiger partial charge in [0.25, 0.3) is 11.8 Å². The largest absolute Gasteiger partial charge is 0.349 e. The summed E-state index contributed by atoms with van der Waals surface area (Å²) in [6.07, 6.45) is 4.40. The van der Waals surface area contributed by atoms with Crippen LogP contribution < -0.4 is 10.6 Å². The molecule has 0 saturated heterocycles. The molecule has 4 rings (SSSR count). The maximum absolute atomic E-state index is 12.2. The van der Waals surface area contributed by atoms with Gasteiger partial charge in [-0.25, -0.2) is 0 Å². The molecule has 0 bridgehead atoms. The average molecular weight is 310 g/mol. The topological polar surface area (TPSA) is 86.9 Å². The number of amides is 2. The van der Waals surface area contributed by atoms with Crippen molar-refractivity contribution in [2.24, 2.45) is 0 Å². The van der Waals surface area contributed by atoms with Gasteiger partial charge >= 0.3 is 0 Å². The molecule has 118 valence electrons. The van der Waals surface area contributed by atoms with Crippen molar-refractivity contribution in [1.29, 1.82) is 0 Å². The van der Waals surface area contributed by atoms with Gasteiger partial charge in [0, 0.05) is 28.9 Å². The second kappa shape index (κ2) is 5.53. The number of aromatic nitrogens is 2. The number of H-pyrrole nitrogens is 1. The van der Waals surface area contributed by atoms with Gasteiger partial charge in [0.15, 0.2) is 5.69 Å². The van der Waals surface area contributed by atoms with Crippen LogP contribution in [-0.4, -0.2) is 28.1 Å². The Morgan fingerprint density at radius 3 is 2.65 bits per heavy atom. The Balaban J connectivity index is 1.44. The summed E-state index contributed by atoms with van der Waals surface area (Å²) >= 11 is 0. The Hall–Kier alpha value is -2.63. The van der Waals surface area contributed by atoms with E-state index in [-0.39, 0.29) is 11.8 Å². The average Bonchev–Trinajstić information content (AvgIpc) is 3.48. The molecule has 1 aromatic carbocycles. The molecule has 3 N–H and O–H groups in total. The molecular formula is C17H18N4O2. The van der Waals surface area contributed by atoms with E-state index < -0.39 is 0 Å². The predicted octanol–water partition coefficient (Wildman–Crippen LogP) is 2.43. The number of carbonyl (C=O) groups excluding carboxylic acids is 2. The van der Waals surface area contributed by atoms with Crippen molar-refractivity contribution in [3.8, 4) is 0 Å². The van der Waals surface area contributed by atoms with E-state index >= 15 is 0 Å². The molecule has 6 heteroatoms. The van der Waals surface area contributed by atoms with Gasteiger partial charge in [-0.1, -0.05) is 6.07 Å². The summed E-state index contributed by atoms with van der Waals surface area (Å²) in [6, 6.07) is 9.07. The molecule has 1 aromatic heterocycles. The predicted molar refractivity (Wildman–Crippen MR) is 85.4 cm³/mol. The first kappa shape index (κ1) is 14.0. The monoisotopic (exact) mass is 310 g/mol. The summed E-state index contributed by atoms with van der Waals surface area (Å²) in [7, 11) is 0. The fourth-order valence-electron chi connectivity index (χ4n) is 2.49. The first-order valence-corrected chi connectivity index (χ1v) is 7.96. The first-order chi connectivity index (χ1) is 11.2. The highest BCUT2D eigenvalue weighted by Crippen LogP contribution is 2.39. The Morgan fingerprint density at radius 1 is 1.09 bits per heavy atom. The fourth-order valence-corrected chi connectivity index (χ4v) is 2.49. The van der Waals surface area contributed by atoms with E-state index in [1.165, 1.54) is 0 Å². The van der Waals surface area contributed by atoms with Gasteiger partial charge in [-0.3, -0.25) is 14.7 Å². The third kappa shape index (κ3) is 3.26. The summed E-state index contributed by atoms with van der Waals surface area (Å²) < 4.78 is 0. The maximum Gasteiger partial charge on any atom is 0.276 e. The standard InChI is InChI=1S/C17H18N4O2/c22-16(18-12-6-7-12)11-2-1-3-13(8-11)19-17(23)15-9-14(20-21-15)10-4-5-10/h1-3,8-10,12H,4-7H2,(H,18,22)(H,19,23)(H,20,21). The summed E-state index contributed by atoms with van der Waals surface area (Å²) in [5, 5.41) is 12.7. The van der Waals surface area contributed by atoms with Crippen molar-refractivity contribution in [2.45, 2.75) is 37.6 Å². The lowest BCUT2D eigenvalue weighted by Crippen LogP contribution is -2.25. The minimum absolute atomic E-state index is 0.0978. The zero-order valence-corrected chi connectivity index (χ0v) is 12.6. The lowest BCUT2D eigenvalue weighted by atomic mass is 10.2. The second-order valence-electron chi connectivity index (χ2n) is 6.27. The Morgan fingerprint density at radius 2 is 1.91 bits per heavy atom. The van der Waals surface area contributed by atoms with Gasteiger partial charge in [0.1, 0.15) is 0 Å². The zero-order valence-electron chi connectivity index (χ0n) is 12.6. The molecule has 0 aliphatic heterocycles. The summed E-state index contributed by atoms with van der Waals surface area (Å²) in [4.78, 5) is 24.3. The number of anilines is 1. The minimum atomic E-state index is -0.270. The molecule has 0 radical (unpaired) electrons. The fraction of sp³-hybridized carbons (Fsp3) is 0.353. The van der Waals surface area contributed by atoms with Crippen molar-refractivity contribution in [2.75, 3.05) is 5.32 Å². The molecule has 2 saturated carbocycles. The Bertz CT molecular complexity index is 759. The van der Waals surface area contributed by atoms with E-state index in [4.69, 9.17) is 0 Å². The molecular weight excluding hydrogens is 292 g/mol. The van der Waals surface area contributed by atoms with Crippen LogP contribution in [0.25, 0.3) is 0 Å². The number of nitrogens with one attached hydrogen (secondary N) is 3. The van der Waals surface area contributed by atoms with Gasteiger partial charge in [-0.15, -0.1) is 0 Å². The molecule has 0 unspecified atom stereocenters. The number of rotatable bonds is 5. The van der Waals surface area contributed by atoms with E-state index in [0.29, 0.717) is 28.9 Å².